The van der Waals surface area contributed by atoms with Gasteiger partial charge in [-0.2, -0.15) is 0 Å². The van der Waals surface area contributed by atoms with Gasteiger partial charge in [0.15, 0.2) is 0 Å². The van der Waals surface area contributed by atoms with Gasteiger partial charge < -0.3 is 20.3 Å². The number of hydrogen-bond acceptors (Lipinski definition) is 4. The zero-order valence-electron chi connectivity index (χ0n) is 12.7. The molecular weight excluding hydrogens is 313 g/mol. The van der Waals surface area contributed by atoms with Gasteiger partial charge >= 0.3 is 0 Å². The Balaban J connectivity index is 0. The maximum atomic E-state index is 11.9. The van der Waals surface area contributed by atoms with E-state index in [2.05, 4.69) is 4.90 Å². The third-order valence-corrected chi connectivity index (χ3v) is 3.01. The Labute approximate surface area is 139 Å². The smallest absolute Gasteiger partial charge is 0.241 e. The minimum absolute atomic E-state index is 0. The molecule has 0 fully saturated rings. The van der Waals surface area contributed by atoms with E-state index in [1.165, 1.54) is 7.11 Å². The number of amides is 1. The summed E-state index contributed by atoms with van der Waals surface area (Å²) in [5.74, 6) is -0.0942. The molecule has 1 aromatic rings. The largest absolute Gasteiger partial charge is 0.383 e. The first-order valence-corrected chi connectivity index (χ1v) is 6.32. The Morgan fingerprint density at radius 1 is 1.19 bits per heavy atom. The van der Waals surface area contributed by atoms with Gasteiger partial charge in [-0.15, -0.1) is 24.8 Å². The fourth-order valence-electron chi connectivity index (χ4n) is 1.76. The number of hydrogen-bond donors (Lipinski definition) is 1. The van der Waals surface area contributed by atoms with Crippen LogP contribution in [0.2, 0.25) is 0 Å². The van der Waals surface area contributed by atoms with Gasteiger partial charge in [0.25, 0.3) is 0 Å². The fourth-order valence-corrected chi connectivity index (χ4v) is 1.76. The number of benzene rings is 1. The van der Waals surface area contributed by atoms with Gasteiger partial charge in [0.05, 0.1) is 6.61 Å². The lowest BCUT2D eigenvalue weighted by Gasteiger charge is -2.25. The molecule has 1 atom stereocenters. The highest BCUT2D eigenvalue weighted by Gasteiger charge is 2.17. The summed E-state index contributed by atoms with van der Waals surface area (Å²) >= 11 is 0. The van der Waals surface area contributed by atoms with Crippen molar-refractivity contribution in [1.82, 2.24) is 4.90 Å². The average Bonchev–Trinajstić information content (AvgIpc) is 2.44. The number of carbonyl (C=O) groups excluding carboxylic acids is 1. The van der Waals surface area contributed by atoms with E-state index in [1.54, 1.807) is 11.9 Å². The monoisotopic (exact) mass is 337 g/mol. The van der Waals surface area contributed by atoms with E-state index in [-0.39, 0.29) is 37.3 Å². The van der Waals surface area contributed by atoms with Crippen LogP contribution >= 0.6 is 24.8 Å². The van der Waals surface area contributed by atoms with Crippen LogP contribution < -0.4 is 10.6 Å². The van der Waals surface area contributed by atoms with Crippen molar-refractivity contribution in [2.45, 2.75) is 6.04 Å². The van der Waals surface area contributed by atoms with E-state index in [1.807, 2.05) is 37.4 Å². The summed E-state index contributed by atoms with van der Waals surface area (Å²) in [6, 6.07) is 9.47. The molecule has 0 heterocycles. The summed E-state index contributed by atoms with van der Waals surface area (Å²) in [5, 5.41) is 0. The van der Waals surface area contributed by atoms with Crippen molar-refractivity contribution in [1.29, 1.82) is 0 Å². The zero-order chi connectivity index (χ0) is 14.3. The van der Waals surface area contributed by atoms with Gasteiger partial charge in [-0.1, -0.05) is 18.2 Å². The second-order valence-corrected chi connectivity index (χ2v) is 4.58. The maximum absolute atomic E-state index is 11.9. The van der Waals surface area contributed by atoms with Crippen LogP contribution in [-0.4, -0.2) is 57.8 Å². The quantitative estimate of drug-likeness (QED) is 0.816. The first-order chi connectivity index (χ1) is 9.06. The molecule has 0 aliphatic heterocycles. The van der Waals surface area contributed by atoms with Crippen LogP contribution in [0.15, 0.2) is 30.3 Å². The van der Waals surface area contributed by atoms with Crippen molar-refractivity contribution in [2.24, 2.45) is 5.73 Å². The summed E-state index contributed by atoms with van der Waals surface area (Å²) in [5.41, 5.74) is 6.85. The lowest BCUT2D eigenvalue weighted by molar-refractivity contribution is -0.132. The van der Waals surface area contributed by atoms with Gasteiger partial charge in [-0.3, -0.25) is 4.79 Å². The Hall–Kier alpha value is -1.01. The van der Waals surface area contributed by atoms with Crippen molar-refractivity contribution in [3.63, 3.8) is 0 Å². The second-order valence-electron chi connectivity index (χ2n) is 4.58. The number of nitrogens with two attached hydrogens (primary N) is 1. The van der Waals surface area contributed by atoms with E-state index in [9.17, 15) is 4.79 Å². The lowest BCUT2D eigenvalue weighted by atomic mass is 10.2. The molecule has 1 aromatic carbocycles. The van der Waals surface area contributed by atoms with E-state index in [4.69, 9.17) is 10.5 Å². The molecule has 1 unspecified atom stereocenters. The third kappa shape index (κ3) is 7.52. The number of ether oxygens (including phenoxy) is 1. The van der Waals surface area contributed by atoms with Crippen molar-refractivity contribution in [3.05, 3.63) is 30.3 Å². The lowest BCUT2D eigenvalue weighted by Crippen LogP contribution is -2.46. The van der Waals surface area contributed by atoms with E-state index in [0.717, 1.165) is 12.2 Å². The minimum Gasteiger partial charge on any atom is -0.383 e. The predicted molar refractivity (Wildman–Crippen MR) is 91.7 cm³/mol. The van der Waals surface area contributed by atoms with Crippen LogP contribution in [0.5, 0.6) is 0 Å². The molecule has 1 amide bonds. The molecule has 21 heavy (non-hydrogen) atoms. The van der Waals surface area contributed by atoms with Gasteiger partial charge in [-0.25, -0.2) is 0 Å². The molecule has 5 nitrogen and oxygen atoms in total. The average molecular weight is 338 g/mol. The van der Waals surface area contributed by atoms with Gasteiger partial charge in [0.1, 0.15) is 6.04 Å². The molecule has 0 aliphatic rings. The Kier molecular flexibility index (Phi) is 12.3. The summed E-state index contributed by atoms with van der Waals surface area (Å²) in [6.07, 6.45) is 0. The number of carbonyl (C=O) groups is 1. The molecule has 122 valence electrons. The molecule has 7 heteroatoms. The molecular formula is C14H25Cl2N3O2. The van der Waals surface area contributed by atoms with Crippen molar-refractivity contribution >= 4 is 36.4 Å². The molecule has 0 bridgehead atoms. The first kappa shape index (κ1) is 22.3. The molecule has 2 N–H and O–H groups in total. The summed E-state index contributed by atoms with van der Waals surface area (Å²) in [4.78, 5) is 15.6. The van der Waals surface area contributed by atoms with Crippen LogP contribution in [0.4, 0.5) is 5.69 Å². The summed E-state index contributed by atoms with van der Waals surface area (Å²) in [7, 11) is 5.30. The number of nitrogens with zero attached hydrogens (tertiary/aromatic N) is 2. The van der Waals surface area contributed by atoms with Crippen LogP contribution in [0.1, 0.15) is 0 Å². The highest BCUT2D eigenvalue weighted by Crippen LogP contribution is 2.10. The molecule has 0 saturated heterocycles. The number of halogens is 2. The van der Waals surface area contributed by atoms with Crippen LogP contribution in [0.25, 0.3) is 0 Å². The molecule has 0 spiro atoms. The fraction of sp³-hybridized carbons (Fsp3) is 0.500. The highest BCUT2D eigenvalue weighted by atomic mass is 35.5. The van der Waals surface area contributed by atoms with E-state index >= 15 is 0 Å². The van der Waals surface area contributed by atoms with E-state index in [0.29, 0.717) is 6.54 Å². The number of rotatable bonds is 7. The predicted octanol–water partition coefficient (Wildman–Crippen LogP) is 1.40. The first-order valence-electron chi connectivity index (χ1n) is 6.32. The maximum Gasteiger partial charge on any atom is 0.241 e. The summed E-state index contributed by atoms with van der Waals surface area (Å²) in [6.45, 7) is 1.63. The molecule has 0 saturated carbocycles. The number of anilines is 1. The Bertz CT molecular complexity index is 393. The molecule has 0 aliphatic carbocycles. The molecule has 0 radical (unpaired) electrons. The van der Waals surface area contributed by atoms with Gasteiger partial charge in [0, 0.05) is 40.0 Å². The van der Waals surface area contributed by atoms with E-state index < -0.39 is 6.04 Å². The number of likely N-dealkylation sites (N-methyl/N-ethyl adjacent to an activating group) is 2. The van der Waals surface area contributed by atoms with Crippen LogP contribution in [-0.2, 0) is 9.53 Å². The molecule has 0 aromatic heterocycles. The second kappa shape index (κ2) is 11.6. The zero-order valence-corrected chi connectivity index (χ0v) is 14.3. The third-order valence-electron chi connectivity index (χ3n) is 3.01. The number of methoxy groups -OCH3 is 1. The van der Waals surface area contributed by atoms with Gasteiger partial charge in [0.2, 0.25) is 5.91 Å². The Morgan fingerprint density at radius 3 is 2.29 bits per heavy atom. The summed E-state index contributed by atoms with van der Waals surface area (Å²) < 4.78 is 4.89. The van der Waals surface area contributed by atoms with Crippen LogP contribution in [0.3, 0.4) is 0 Å². The topological polar surface area (TPSA) is 58.8 Å². The SMILES string of the molecule is COCC(N)C(=O)N(C)CCN(C)c1ccccc1.Cl.Cl. The standard InChI is InChI=1S/C14H23N3O2.2ClH/c1-16(12-7-5-4-6-8-12)9-10-17(2)14(18)13(15)11-19-3;;/h4-8,13H,9-11,15H2,1-3H3;2*1H. The van der Waals surface area contributed by atoms with Crippen molar-refractivity contribution in [2.75, 3.05) is 45.8 Å². The minimum atomic E-state index is -0.586. The van der Waals surface area contributed by atoms with Crippen LogP contribution in [0, 0.1) is 0 Å². The van der Waals surface area contributed by atoms with Gasteiger partial charge in [-0.05, 0) is 12.1 Å². The Morgan fingerprint density at radius 2 is 1.76 bits per heavy atom. The molecule has 1 rings (SSSR count). The number of para-hydroxylation sites is 1. The van der Waals surface area contributed by atoms with Crippen molar-refractivity contribution < 1.29 is 9.53 Å². The normalized spacial score (nSPS) is 10.9. The van der Waals surface area contributed by atoms with Crippen molar-refractivity contribution in [3.8, 4) is 0 Å². The highest BCUT2D eigenvalue weighted by molar-refractivity contribution is 5.85.